The Morgan fingerprint density at radius 3 is 2.11 bits per heavy atom. The van der Waals surface area contributed by atoms with Gasteiger partial charge in [0.15, 0.2) is 0 Å². The molecule has 27 heavy (non-hydrogen) atoms. The molecule has 1 fully saturated rings. The number of sulfonamides is 1. The van der Waals surface area contributed by atoms with Gasteiger partial charge in [0.05, 0.1) is 4.90 Å². The number of hydrogen-bond donors (Lipinski definition) is 1. The molecule has 0 heterocycles. The summed E-state index contributed by atoms with van der Waals surface area (Å²) in [5.41, 5.74) is 0.714. The lowest BCUT2D eigenvalue weighted by atomic mass is 9.64. The second-order valence-electron chi connectivity index (χ2n) is 6.48. The molecule has 0 atom stereocenters. The quantitative estimate of drug-likeness (QED) is 0.742. The van der Waals surface area contributed by atoms with E-state index >= 15 is 0 Å². The summed E-state index contributed by atoms with van der Waals surface area (Å²) in [5.74, 6) is -0.474. The maximum atomic E-state index is 12.5. The van der Waals surface area contributed by atoms with Gasteiger partial charge in [-0.25, -0.2) is 13.1 Å². The van der Waals surface area contributed by atoms with Crippen molar-refractivity contribution in [2.75, 3.05) is 6.54 Å². The summed E-state index contributed by atoms with van der Waals surface area (Å²) >= 11 is 5.91. The molecule has 0 spiro atoms. The summed E-state index contributed by atoms with van der Waals surface area (Å²) in [6.07, 6.45) is -2.15. The molecule has 1 N–H and O–H groups in total. The average molecular weight is 420 g/mol. The third-order valence-electron chi connectivity index (χ3n) is 4.74. The van der Waals surface area contributed by atoms with Gasteiger partial charge >= 0.3 is 6.36 Å². The second kappa shape index (κ2) is 7.33. The standard InChI is InChI=1S/C18H17ClF3NO3S/c19-14-4-2-13(3-5-14)17(10-1-11-17)12-23-27(24,25)16-8-6-15(7-9-16)26-18(20,21)22/h2-9,23H,1,10-12H2. The van der Waals surface area contributed by atoms with Gasteiger partial charge in [0.1, 0.15) is 5.75 Å². The Hall–Kier alpha value is -1.77. The van der Waals surface area contributed by atoms with Crippen molar-refractivity contribution in [1.82, 2.24) is 4.72 Å². The molecule has 0 bridgehead atoms. The maximum absolute atomic E-state index is 12.5. The Morgan fingerprint density at radius 2 is 1.63 bits per heavy atom. The Labute approximate surface area is 160 Å². The largest absolute Gasteiger partial charge is 0.573 e. The van der Waals surface area contributed by atoms with E-state index in [0.29, 0.717) is 5.02 Å². The van der Waals surface area contributed by atoms with Gasteiger partial charge in [0.2, 0.25) is 10.0 Å². The Morgan fingerprint density at radius 1 is 1.04 bits per heavy atom. The van der Waals surface area contributed by atoms with Gasteiger partial charge in [0.25, 0.3) is 0 Å². The lowest BCUT2D eigenvalue weighted by Crippen LogP contribution is -2.45. The van der Waals surface area contributed by atoms with Crippen LogP contribution < -0.4 is 9.46 Å². The lowest BCUT2D eigenvalue weighted by molar-refractivity contribution is -0.274. The molecule has 9 heteroatoms. The summed E-state index contributed by atoms with van der Waals surface area (Å²) in [7, 11) is -3.86. The number of nitrogens with one attached hydrogen (secondary N) is 1. The molecule has 1 aliphatic rings. The lowest BCUT2D eigenvalue weighted by Gasteiger charge is -2.42. The van der Waals surface area contributed by atoms with Crippen LogP contribution in [0, 0.1) is 0 Å². The predicted molar refractivity (Wildman–Crippen MR) is 95.3 cm³/mol. The van der Waals surface area contributed by atoms with E-state index < -0.39 is 22.1 Å². The molecule has 0 unspecified atom stereocenters. The highest BCUT2D eigenvalue weighted by molar-refractivity contribution is 7.89. The van der Waals surface area contributed by atoms with Gasteiger partial charge in [-0.2, -0.15) is 0 Å². The molecule has 0 amide bonds. The number of hydrogen-bond acceptors (Lipinski definition) is 3. The first kappa shape index (κ1) is 20.0. The van der Waals surface area contributed by atoms with Crippen LogP contribution >= 0.6 is 11.6 Å². The molecule has 2 aromatic rings. The van der Waals surface area contributed by atoms with E-state index in [9.17, 15) is 21.6 Å². The summed E-state index contributed by atoms with van der Waals surface area (Å²) in [6, 6.07) is 11.4. The van der Waals surface area contributed by atoms with E-state index in [1.54, 1.807) is 12.1 Å². The first-order chi connectivity index (χ1) is 12.6. The second-order valence-corrected chi connectivity index (χ2v) is 8.69. The van der Waals surface area contributed by atoms with Crippen LogP contribution in [0.4, 0.5) is 13.2 Å². The monoisotopic (exact) mass is 419 g/mol. The van der Waals surface area contributed by atoms with Crippen molar-refractivity contribution in [2.24, 2.45) is 0 Å². The molecule has 4 nitrogen and oxygen atoms in total. The summed E-state index contributed by atoms with van der Waals surface area (Å²) < 4.78 is 67.9. The van der Waals surface area contributed by atoms with E-state index in [0.717, 1.165) is 49.1 Å². The molecule has 3 rings (SSSR count). The molecule has 1 aliphatic carbocycles. The SMILES string of the molecule is O=S(=O)(NCC1(c2ccc(Cl)cc2)CCC1)c1ccc(OC(F)(F)F)cc1. The molecule has 0 aliphatic heterocycles. The van der Waals surface area contributed by atoms with Crippen LogP contribution in [0.1, 0.15) is 24.8 Å². The zero-order valence-electron chi connectivity index (χ0n) is 14.1. The fraction of sp³-hybridized carbons (Fsp3) is 0.333. The van der Waals surface area contributed by atoms with E-state index in [1.165, 1.54) is 0 Å². The third kappa shape index (κ3) is 4.75. The molecule has 2 aromatic carbocycles. The van der Waals surface area contributed by atoms with Crippen LogP contribution in [0.2, 0.25) is 5.02 Å². The van der Waals surface area contributed by atoms with E-state index in [2.05, 4.69) is 9.46 Å². The molecule has 0 saturated heterocycles. The van der Waals surface area contributed by atoms with E-state index in [1.807, 2.05) is 12.1 Å². The molecule has 0 radical (unpaired) electrons. The van der Waals surface area contributed by atoms with Crippen molar-refractivity contribution in [3.05, 3.63) is 59.1 Å². The van der Waals surface area contributed by atoms with E-state index in [4.69, 9.17) is 11.6 Å². The third-order valence-corrected chi connectivity index (χ3v) is 6.40. The molecule has 0 aromatic heterocycles. The normalized spacial score (nSPS) is 16.6. The minimum atomic E-state index is -4.83. The highest BCUT2D eigenvalue weighted by Crippen LogP contribution is 2.43. The van der Waals surface area contributed by atoms with Crippen molar-refractivity contribution in [2.45, 2.75) is 35.9 Å². The van der Waals surface area contributed by atoms with Crippen LogP contribution in [-0.2, 0) is 15.4 Å². The Kier molecular flexibility index (Phi) is 5.42. The van der Waals surface area contributed by atoms with Crippen LogP contribution in [-0.4, -0.2) is 21.3 Å². The number of rotatable bonds is 6. The summed E-state index contributed by atoms with van der Waals surface area (Å²) in [5, 5.41) is 0.606. The zero-order valence-corrected chi connectivity index (χ0v) is 15.7. The smallest absolute Gasteiger partial charge is 0.406 e. The van der Waals surface area contributed by atoms with Crippen molar-refractivity contribution in [3.8, 4) is 5.75 Å². The average Bonchev–Trinajstić information content (AvgIpc) is 2.54. The van der Waals surface area contributed by atoms with Gasteiger partial charge in [-0.3, -0.25) is 0 Å². The van der Waals surface area contributed by atoms with Crippen LogP contribution in [0.15, 0.2) is 53.4 Å². The summed E-state index contributed by atoms with van der Waals surface area (Å²) in [4.78, 5) is -0.123. The van der Waals surface area contributed by atoms with Gasteiger partial charge in [-0.15, -0.1) is 13.2 Å². The minimum Gasteiger partial charge on any atom is -0.406 e. The molecular weight excluding hydrogens is 403 g/mol. The Balaban J connectivity index is 1.71. The Bertz CT molecular complexity index is 893. The van der Waals surface area contributed by atoms with Gasteiger partial charge in [-0.05, 0) is 54.8 Å². The van der Waals surface area contributed by atoms with E-state index in [-0.39, 0.29) is 16.9 Å². The van der Waals surface area contributed by atoms with Crippen molar-refractivity contribution in [1.29, 1.82) is 0 Å². The van der Waals surface area contributed by atoms with Crippen LogP contribution in [0.3, 0.4) is 0 Å². The van der Waals surface area contributed by atoms with Crippen LogP contribution in [0.5, 0.6) is 5.75 Å². The van der Waals surface area contributed by atoms with Gasteiger partial charge < -0.3 is 4.74 Å². The van der Waals surface area contributed by atoms with Crippen LogP contribution in [0.25, 0.3) is 0 Å². The zero-order chi connectivity index (χ0) is 19.7. The number of ether oxygens (including phenoxy) is 1. The van der Waals surface area contributed by atoms with Gasteiger partial charge in [0, 0.05) is 17.0 Å². The maximum Gasteiger partial charge on any atom is 0.573 e. The number of halogens is 4. The first-order valence-corrected chi connectivity index (χ1v) is 10.1. The highest BCUT2D eigenvalue weighted by atomic mass is 35.5. The summed E-state index contributed by atoms with van der Waals surface area (Å²) in [6.45, 7) is 0.206. The minimum absolute atomic E-state index is 0.123. The first-order valence-electron chi connectivity index (χ1n) is 8.21. The molecular formula is C18H17ClF3NO3S. The van der Waals surface area contributed by atoms with Gasteiger partial charge in [-0.1, -0.05) is 30.2 Å². The topological polar surface area (TPSA) is 55.4 Å². The molecule has 146 valence electrons. The fourth-order valence-corrected chi connectivity index (χ4v) is 4.36. The van der Waals surface area contributed by atoms with Crippen molar-refractivity contribution >= 4 is 21.6 Å². The number of alkyl halides is 3. The predicted octanol–water partition coefficient (Wildman–Crippen LogP) is 4.64. The fourth-order valence-electron chi connectivity index (χ4n) is 3.11. The van der Waals surface area contributed by atoms with Crippen molar-refractivity contribution < 1.29 is 26.3 Å². The highest BCUT2D eigenvalue weighted by Gasteiger charge is 2.39. The van der Waals surface area contributed by atoms with Crippen molar-refractivity contribution in [3.63, 3.8) is 0 Å². The molecule has 1 saturated carbocycles. The number of benzene rings is 2.